The second-order valence-corrected chi connectivity index (χ2v) is 8.49. The van der Waals surface area contributed by atoms with Gasteiger partial charge in [0.25, 0.3) is 0 Å². The molecule has 1 spiro atoms. The highest BCUT2D eigenvalue weighted by Crippen LogP contribution is 2.37. The molecule has 2 saturated carbocycles. The molecule has 4 rings (SSSR count). The molecular formula is C19H31N3O4. The average Bonchev–Trinajstić information content (AvgIpc) is 3.35. The van der Waals surface area contributed by atoms with Crippen molar-refractivity contribution in [3.8, 4) is 0 Å². The Balaban J connectivity index is 1.33. The van der Waals surface area contributed by atoms with Gasteiger partial charge in [-0.3, -0.25) is 14.5 Å². The SMILES string of the molecule is COCCNC(=O)[C@H]1COC2(CN(C(=O)C3CCC3)C2)CN1CC1CC1. The number of hydrogen-bond donors (Lipinski definition) is 1. The number of nitrogens with zero attached hydrogens (tertiary/aromatic N) is 2. The molecule has 4 aliphatic rings. The molecule has 2 saturated heterocycles. The monoisotopic (exact) mass is 365 g/mol. The van der Waals surface area contributed by atoms with Crippen molar-refractivity contribution < 1.29 is 19.1 Å². The molecule has 26 heavy (non-hydrogen) atoms. The first-order valence-corrected chi connectivity index (χ1v) is 10.0. The van der Waals surface area contributed by atoms with Gasteiger partial charge in [-0.1, -0.05) is 6.42 Å². The molecule has 1 atom stereocenters. The number of morpholine rings is 1. The lowest BCUT2D eigenvalue weighted by Gasteiger charge is -2.56. The van der Waals surface area contributed by atoms with Crippen LogP contribution in [0, 0.1) is 11.8 Å². The van der Waals surface area contributed by atoms with Crippen molar-refractivity contribution >= 4 is 11.8 Å². The Hall–Kier alpha value is -1.18. The summed E-state index contributed by atoms with van der Waals surface area (Å²) in [5.74, 6) is 1.29. The number of rotatable bonds is 7. The van der Waals surface area contributed by atoms with Crippen LogP contribution in [0.15, 0.2) is 0 Å². The fourth-order valence-corrected chi connectivity index (χ4v) is 4.26. The minimum absolute atomic E-state index is 0.0271. The molecule has 0 bridgehead atoms. The van der Waals surface area contributed by atoms with E-state index in [1.165, 1.54) is 19.3 Å². The molecule has 2 aliphatic heterocycles. The van der Waals surface area contributed by atoms with E-state index in [-0.39, 0.29) is 23.5 Å². The topological polar surface area (TPSA) is 71.1 Å². The van der Waals surface area contributed by atoms with Gasteiger partial charge in [0.2, 0.25) is 11.8 Å². The predicted octanol–water partition coefficient (Wildman–Crippen LogP) is 0.241. The Morgan fingerprint density at radius 2 is 1.96 bits per heavy atom. The predicted molar refractivity (Wildman–Crippen MR) is 95.6 cm³/mol. The fourth-order valence-electron chi connectivity index (χ4n) is 4.26. The van der Waals surface area contributed by atoms with Crippen LogP contribution in [-0.4, -0.2) is 86.3 Å². The number of carbonyl (C=O) groups excluding carboxylic acids is 2. The first-order valence-electron chi connectivity index (χ1n) is 10.0. The summed E-state index contributed by atoms with van der Waals surface area (Å²) in [6, 6.07) is -0.227. The number of carbonyl (C=O) groups is 2. The van der Waals surface area contributed by atoms with Gasteiger partial charge in [-0.15, -0.1) is 0 Å². The Labute approximate surface area is 155 Å². The molecular weight excluding hydrogens is 334 g/mol. The van der Waals surface area contributed by atoms with Crippen molar-refractivity contribution in [2.45, 2.75) is 43.7 Å². The molecule has 7 nitrogen and oxygen atoms in total. The smallest absolute Gasteiger partial charge is 0.239 e. The number of methoxy groups -OCH3 is 1. The van der Waals surface area contributed by atoms with Gasteiger partial charge < -0.3 is 19.7 Å². The maximum atomic E-state index is 12.6. The van der Waals surface area contributed by atoms with E-state index in [0.717, 1.165) is 25.9 Å². The van der Waals surface area contributed by atoms with Gasteiger partial charge >= 0.3 is 0 Å². The summed E-state index contributed by atoms with van der Waals surface area (Å²) in [4.78, 5) is 29.2. The highest BCUT2D eigenvalue weighted by atomic mass is 16.5. The summed E-state index contributed by atoms with van der Waals surface area (Å²) in [5.41, 5.74) is -0.266. The summed E-state index contributed by atoms with van der Waals surface area (Å²) in [5, 5.41) is 2.95. The van der Waals surface area contributed by atoms with E-state index in [1.807, 2.05) is 4.90 Å². The molecule has 0 radical (unpaired) electrons. The summed E-state index contributed by atoms with van der Waals surface area (Å²) >= 11 is 0. The number of likely N-dealkylation sites (tertiary alicyclic amines) is 1. The van der Waals surface area contributed by atoms with Crippen LogP contribution in [-0.2, 0) is 19.1 Å². The van der Waals surface area contributed by atoms with Crippen LogP contribution in [0.1, 0.15) is 32.1 Å². The van der Waals surface area contributed by atoms with Crippen LogP contribution in [0.5, 0.6) is 0 Å². The quantitative estimate of drug-likeness (QED) is 0.655. The lowest BCUT2D eigenvalue weighted by Crippen LogP contribution is -2.74. The largest absolute Gasteiger partial charge is 0.383 e. The number of ether oxygens (including phenoxy) is 2. The molecule has 1 N–H and O–H groups in total. The summed E-state index contributed by atoms with van der Waals surface area (Å²) in [6.45, 7) is 4.53. The van der Waals surface area contributed by atoms with Gasteiger partial charge in [0, 0.05) is 32.7 Å². The molecule has 2 amide bonds. The van der Waals surface area contributed by atoms with E-state index in [1.54, 1.807) is 7.11 Å². The summed E-state index contributed by atoms with van der Waals surface area (Å²) in [6.07, 6.45) is 5.78. The summed E-state index contributed by atoms with van der Waals surface area (Å²) in [7, 11) is 1.63. The number of nitrogens with one attached hydrogen (secondary N) is 1. The van der Waals surface area contributed by atoms with E-state index in [0.29, 0.717) is 44.7 Å². The zero-order chi connectivity index (χ0) is 18.1. The molecule has 0 unspecified atom stereocenters. The van der Waals surface area contributed by atoms with Crippen molar-refractivity contribution in [3.05, 3.63) is 0 Å². The molecule has 146 valence electrons. The maximum Gasteiger partial charge on any atom is 0.239 e. The molecule has 2 heterocycles. The van der Waals surface area contributed by atoms with Crippen LogP contribution in [0.3, 0.4) is 0 Å². The Kier molecular flexibility index (Phi) is 5.21. The lowest BCUT2D eigenvalue weighted by molar-refractivity contribution is -0.207. The molecule has 0 aromatic heterocycles. The lowest BCUT2D eigenvalue weighted by atomic mass is 9.81. The van der Waals surface area contributed by atoms with E-state index in [2.05, 4.69) is 10.2 Å². The molecule has 7 heteroatoms. The van der Waals surface area contributed by atoms with Crippen molar-refractivity contribution in [3.63, 3.8) is 0 Å². The van der Waals surface area contributed by atoms with E-state index in [4.69, 9.17) is 9.47 Å². The van der Waals surface area contributed by atoms with Crippen molar-refractivity contribution in [2.75, 3.05) is 53.0 Å². The van der Waals surface area contributed by atoms with Gasteiger partial charge in [0.15, 0.2) is 0 Å². The molecule has 4 fully saturated rings. The van der Waals surface area contributed by atoms with E-state index >= 15 is 0 Å². The van der Waals surface area contributed by atoms with Gasteiger partial charge in [0.05, 0.1) is 26.3 Å². The van der Waals surface area contributed by atoms with Crippen LogP contribution < -0.4 is 5.32 Å². The van der Waals surface area contributed by atoms with E-state index < -0.39 is 0 Å². The zero-order valence-corrected chi connectivity index (χ0v) is 15.7. The van der Waals surface area contributed by atoms with Crippen LogP contribution >= 0.6 is 0 Å². The Morgan fingerprint density at radius 1 is 1.19 bits per heavy atom. The highest BCUT2D eigenvalue weighted by molar-refractivity contribution is 5.82. The fraction of sp³-hybridized carbons (Fsp3) is 0.895. The summed E-state index contributed by atoms with van der Waals surface area (Å²) < 4.78 is 11.2. The Bertz CT molecular complexity index is 541. The maximum absolute atomic E-state index is 12.6. The second kappa shape index (κ2) is 7.44. The standard InChI is InChI=1S/C19H31N3O4/c1-25-8-7-20-17(23)16-10-26-19(11-21(16)9-14-5-6-14)12-22(13-19)18(24)15-3-2-4-15/h14-16H,2-13H2,1H3,(H,20,23)/t16-/m1/s1. The molecule has 0 aromatic carbocycles. The van der Waals surface area contributed by atoms with Crippen LogP contribution in [0.2, 0.25) is 0 Å². The molecule has 0 aromatic rings. The molecule has 2 aliphatic carbocycles. The number of amides is 2. The van der Waals surface area contributed by atoms with E-state index in [9.17, 15) is 9.59 Å². The van der Waals surface area contributed by atoms with Crippen molar-refractivity contribution in [1.82, 2.24) is 15.1 Å². The second-order valence-electron chi connectivity index (χ2n) is 8.49. The minimum atomic E-state index is -0.266. The normalized spacial score (nSPS) is 28.5. The van der Waals surface area contributed by atoms with Gasteiger partial charge in [-0.25, -0.2) is 0 Å². The van der Waals surface area contributed by atoms with Gasteiger partial charge in [-0.05, 0) is 31.6 Å². The number of hydrogen-bond acceptors (Lipinski definition) is 5. The Morgan fingerprint density at radius 3 is 2.58 bits per heavy atom. The van der Waals surface area contributed by atoms with Gasteiger partial charge in [0.1, 0.15) is 11.6 Å². The van der Waals surface area contributed by atoms with Crippen molar-refractivity contribution in [1.29, 1.82) is 0 Å². The zero-order valence-electron chi connectivity index (χ0n) is 15.7. The minimum Gasteiger partial charge on any atom is -0.383 e. The van der Waals surface area contributed by atoms with Crippen LogP contribution in [0.4, 0.5) is 0 Å². The van der Waals surface area contributed by atoms with Crippen molar-refractivity contribution in [2.24, 2.45) is 11.8 Å². The third kappa shape index (κ3) is 3.75. The highest BCUT2D eigenvalue weighted by Gasteiger charge is 2.53. The van der Waals surface area contributed by atoms with Crippen LogP contribution in [0.25, 0.3) is 0 Å². The first kappa shape index (κ1) is 18.2. The third-order valence-electron chi connectivity index (χ3n) is 6.30. The van der Waals surface area contributed by atoms with Gasteiger partial charge in [-0.2, -0.15) is 0 Å². The third-order valence-corrected chi connectivity index (χ3v) is 6.30. The first-order chi connectivity index (χ1) is 12.6. The average molecular weight is 365 g/mol.